The molecule has 0 spiro atoms. The third-order valence-corrected chi connectivity index (χ3v) is 5.09. The van der Waals surface area contributed by atoms with E-state index >= 15 is 0 Å². The Hall–Kier alpha value is -2.67. The zero-order chi connectivity index (χ0) is 17.6. The van der Waals surface area contributed by atoms with Gasteiger partial charge >= 0.3 is 11.7 Å². The molecule has 0 unspecified atom stereocenters. The first kappa shape index (κ1) is 16.2. The monoisotopic (exact) mass is 344 g/mol. The van der Waals surface area contributed by atoms with Crippen molar-refractivity contribution in [2.24, 2.45) is 0 Å². The summed E-state index contributed by atoms with van der Waals surface area (Å²) in [6.07, 6.45) is 0. The fraction of sp³-hybridized carbons (Fsp3) is 0.235. The van der Waals surface area contributed by atoms with Gasteiger partial charge in [-0.15, -0.1) is 11.3 Å². The lowest BCUT2D eigenvalue weighted by Crippen LogP contribution is -2.50. The Bertz CT molecular complexity index is 1060. The Kier molecular flexibility index (Phi) is 3.68. The Morgan fingerprint density at radius 3 is 2.42 bits per heavy atom. The molecule has 0 amide bonds. The van der Waals surface area contributed by atoms with E-state index in [4.69, 9.17) is 0 Å². The van der Waals surface area contributed by atoms with Gasteiger partial charge in [-0.05, 0) is 26.3 Å². The van der Waals surface area contributed by atoms with Crippen LogP contribution in [0.2, 0.25) is 0 Å². The lowest BCUT2D eigenvalue weighted by Gasteiger charge is -2.21. The van der Waals surface area contributed by atoms with Crippen LogP contribution in [0.5, 0.6) is 0 Å². The highest BCUT2D eigenvalue weighted by Crippen LogP contribution is 2.35. The van der Waals surface area contributed by atoms with Gasteiger partial charge < -0.3 is 5.11 Å². The molecule has 0 bridgehead atoms. The van der Waals surface area contributed by atoms with Crippen LogP contribution in [-0.2, 0) is 10.3 Å². The summed E-state index contributed by atoms with van der Waals surface area (Å²) < 4.78 is 0.774. The van der Waals surface area contributed by atoms with E-state index in [-0.39, 0.29) is 0 Å². The van der Waals surface area contributed by atoms with E-state index in [1.807, 2.05) is 37.3 Å². The number of aromatic amines is 1. The van der Waals surface area contributed by atoms with E-state index in [1.165, 1.54) is 25.2 Å². The average Bonchev–Trinajstić information content (AvgIpc) is 2.83. The van der Waals surface area contributed by atoms with Gasteiger partial charge in [-0.3, -0.25) is 9.78 Å². The van der Waals surface area contributed by atoms with Crippen molar-refractivity contribution in [2.75, 3.05) is 0 Å². The second-order valence-corrected chi connectivity index (χ2v) is 7.26. The number of carboxylic acid groups (broad SMARTS) is 1. The van der Waals surface area contributed by atoms with Crippen LogP contribution in [0.3, 0.4) is 0 Å². The van der Waals surface area contributed by atoms with Crippen LogP contribution >= 0.6 is 11.3 Å². The largest absolute Gasteiger partial charge is 0.480 e. The number of fused-ring (bicyclic) bond motifs is 1. The first-order valence-corrected chi connectivity index (χ1v) is 8.14. The molecule has 3 rings (SSSR count). The summed E-state index contributed by atoms with van der Waals surface area (Å²) in [5, 5.41) is 9.74. The minimum absolute atomic E-state index is 0.345. The van der Waals surface area contributed by atoms with Crippen molar-refractivity contribution in [1.82, 2.24) is 9.55 Å². The molecule has 0 radical (unpaired) electrons. The summed E-state index contributed by atoms with van der Waals surface area (Å²) in [4.78, 5) is 40.8. The third-order valence-electron chi connectivity index (χ3n) is 4.07. The molecule has 0 fully saturated rings. The summed E-state index contributed by atoms with van der Waals surface area (Å²) >= 11 is 1.31. The number of H-pyrrole nitrogens is 1. The maximum absolute atomic E-state index is 13.0. The molecule has 0 atom stereocenters. The molecule has 2 N–H and O–H groups in total. The predicted octanol–water partition coefficient (Wildman–Crippen LogP) is 2.55. The van der Waals surface area contributed by atoms with Gasteiger partial charge in [0.25, 0.3) is 5.56 Å². The molecule has 24 heavy (non-hydrogen) atoms. The minimum Gasteiger partial charge on any atom is -0.480 e. The average molecular weight is 344 g/mol. The molecule has 0 saturated heterocycles. The Morgan fingerprint density at radius 1 is 1.21 bits per heavy atom. The van der Waals surface area contributed by atoms with Gasteiger partial charge in [0.2, 0.25) is 0 Å². The SMILES string of the molecule is Cc1sc2[nH]c(=O)n(C(C)(C)C(=O)O)c(=O)c2c1-c1ccccc1. The Morgan fingerprint density at radius 2 is 1.83 bits per heavy atom. The van der Waals surface area contributed by atoms with Crippen molar-refractivity contribution in [3.05, 3.63) is 56.0 Å². The number of aryl methyl sites for hydroxylation is 1. The van der Waals surface area contributed by atoms with Gasteiger partial charge in [-0.1, -0.05) is 30.3 Å². The van der Waals surface area contributed by atoms with Gasteiger partial charge in [0.15, 0.2) is 0 Å². The first-order valence-electron chi connectivity index (χ1n) is 7.33. The molecular weight excluding hydrogens is 328 g/mol. The number of carboxylic acids is 1. The standard InChI is InChI=1S/C17H16N2O4S/c1-9-11(10-7-5-4-6-8-10)12-13(24-9)18-16(23)19(14(12)20)17(2,3)15(21)22/h4-8H,1-3H3,(H,18,23)(H,21,22). The van der Waals surface area contributed by atoms with Crippen molar-refractivity contribution in [1.29, 1.82) is 0 Å². The molecule has 6 nitrogen and oxygen atoms in total. The highest BCUT2D eigenvalue weighted by molar-refractivity contribution is 7.19. The van der Waals surface area contributed by atoms with E-state index in [2.05, 4.69) is 4.98 Å². The number of aromatic nitrogens is 2. The molecule has 2 aromatic heterocycles. The number of rotatable bonds is 3. The molecule has 1 aromatic carbocycles. The quantitative estimate of drug-likeness (QED) is 0.764. The molecule has 0 aliphatic rings. The summed E-state index contributed by atoms with van der Waals surface area (Å²) in [5.41, 5.74) is -1.38. The lowest BCUT2D eigenvalue weighted by atomic mass is 10.0. The summed E-state index contributed by atoms with van der Waals surface area (Å²) in [5.74, 6) is -1.25. The molecule has 0 saturated carbocycles. The Balaban J connectivity index is 2.47. The van der Waals surface area contributed by atoms with Crippen molar-refractivity contribution >= 4 is 27.5 Å². The summed E-state index contributed by atoms with van der Waals surface area (Å²) in [6.45, 7) is 4.54. The van der Waals surface area contributed by atoms with Crippen LogP contribution in [0.1, 0.15) is 18.7 Å². The number of thiophene rings is 1. The molecule has 0 aliphatic carbocycles. The van der Waals surface area contributed by atoms with Crippen LogP contribution in [0, 0.1) is 6.92 Å². The molecular formula is C17H16N2O4S. The van der Waals surface area contributed by atoms with Crippen LogP contribution in [0.25, 0.3) is 21.3 Å². The number of benzene rings is 1. The van der Waals surface area contributed by atoms with Crippen molar-refractivity contribution in [3.8, 4) is 11.1 Å². The minimum atomic E-state index is -1.65. The molecule has 124 valence electrons. The number of carbonyl (C=O) groups is 1. The van der Waals surface area contributed by atoms with Crippen LogP contribution in [0.15, 0.2) is 39.9 Å². The number of hydrogen-bond acceptors (Lipinski definition) is 4. The van der Waals surface area contributed by atoms with E-state index in [1.54, 1.807) is 0 Å². The smallest absolute Gasteiger partial charge is 0.330 e. The lowest BCUT2D eigenvalue weighted by molar-refractivity contribution is -0.146. The second kappa shape index (κ2) is 5.45. The predicted molar refractivity (Wildman–Crippen MR) is 93.8 cm³/mol. The molecule has 0 aliphatic heterocycles. The zero-order valence-corrected chi connectivity index (χ0v) is 14.2. The number of nitrogens with one attached hydrogen (secondary N) is 1. The second-order valence-electron chi connectivity index (χ2n) is 6.04. The van der Waals surface area contributed by atoms with Gasteiger partial charge in [0.1, 0.15) is 10.4 Å². The Labute approximate surface area is 141 Å². The maximum Gasteiger partial charge on any atom is 0.330 e. The van der Waals surface area contributed by atoms with Crippen molar-refractivity contribution in [3.63, 3.8) is 0 Å². The first-order chi connectivity index (χ1) is 11.2. The molecule has 3 aromatic rings. The van der Waals surface area contributed by atoms with Crippen LogP contribution in [0.4, 0.5) is 0 Å². The van der Waals surface area contributed by atoms with E-state index < -0.39 is 22.8 Å². The van der Waals surface area contributed by atoms with E-state index in [9.17, 15) is 19.5 Å². The highest BCUT2D eigenvalue weighted by atomic mass is 32.1. The van der Waals surface area contributed by atoms with E-state index in [0.29, 0.717) is 10.2 Å². The topological polar surface area (TPSA) is 92.2 Å². The number of hydrogen-bond donors (Lipinski definition) is 2. The fourth-order valence-electron chi connectivity index (χ4n) is 2.75. The summed E-state index contributed by atoms with van der Waals surface area (Å²) in [6, 6.07) is 9.37. The molecule has 7 heteroatoms. The van der Waals surface area contributed by atoms with Gasteiger partial charge in [-0.2, -0.15) is 0 Å². The third kappa shape index (κ3) is 2.28. The van der Waals surface area contributed by atoms with Crippen molar-refractivity contribution < 1.29 is 9.90 Å². The van der Waals surface area contributed by atoms with Crippen molar-refractivity contribution in [2.45, 2.75) is 26.3 Å². The summed E-state index contributed by atoms with van der Waals surface area (Å²) in [7, 11) is 0. The highest BCUT2D eigenvalue weighted by Gasteiger charge is 2.34. The zero-order valence-electron chi connectivity index (χ0n) is 13.4. The van der Waals surface area contributed by atoms with Gasteiger partial charge in [0, 0.05) is 10.4 Å². The van der Waals surface area contributed by atoms with Gasteiger partial charge in [-0.25, -0.2) is 14.2 Å². The van der Waals surface area contributed by atoms with Gasteiger partial charge in [0.05, 0.1) is 5.39 Å². The van der Waals surface area contributed by atoms with Crippen LogP contribution < -0.4 is 11.2 Å². The number of nitrogens with zero attached hydrogens (tertiary/aromatic N) is 1. The van der Waals surface area contributed by atoms with E-state index in [0.717, 1.165) is 20.6 Å². The van der Waals surface area contributed by atoms with Crippen LogP contribution in [-0.4, -0.2) is 20.6 Å². The maximum atomic E-state index is 13.0. The fourth-order valence-corrected chi connectivity index (χ4v) is 3.81. The number of aliphatic carboxylic acids is 1. The molecule has 2 heterocycles. The normalized spacial score (nSPS) is 11.8.